The molecule has 1 N–H and O–H groups in total. The molecule has 162 valence electrons. The highest BCUT2D eigenvalue weighted by atomic mass is 16.6. The number of rotatable bonds is 6. The molecular weight excluding hydrogens is 394 g/mol. The van der Waals surface area contributed by atoms with Gasteiger partial charge in [0.05, 0.1) is 11.6 Å². The number of ether oxygens (including phenoxy) is 2. The van der Waals surface area contributed by atoms with Crippen LogP contribution in [0.2, 0.25) is 0 Å². The van der Waals surface area contributed by atoms with Crippen molar-refractivity contribution in [2.45, 2.75) is 39.2 Å². The molecule has 2 aromatic carbocycles. The van der Waals surface area contributed by atoms with Crippen LogP contribution in [0.15, 0.2) is 48.0 Å². The molecule has 2 aromatic rings. The van der Waals surface area contributed by atoms with Crippen LogP contribution in [0.4, 0.5) is 0 Å². The molecule has 0 radical (unpaired) electrons. The number of aliphatic hydroxyl groups excluding tert-OH is 1. The molecule has 0 bridgehead atoms. The molecule has 0 aliphatic carbocycles. The lowest BCUT2D eigenvalue weighted by molar-refractivity contribution is -0.139. The number of fused-ring (bicyclic) bond motifs is 1. The average molecular weight is 421 g/mol. The van der Waals surface area contributed by atoms with Crippen molar-refractivity contribution in [1.82, 2.24) is 4.90 Å². The zero-order valence-electron chi connectivity index (χ0n) is 17.9. The van der Waals surface area contributed by atoms with Crippen molar-refractivity contribution in [2.75, 3.05) is 19.8 Å². The maximum Gasteiger partial charge on any atom is 0.295 e. The predicted octanol–water partition coefficient (Wildman–Crippen LogP) is 4.24. The third-order valence-corrected chi connectivity index (χ3v) is 5.81. The van der Waals surface area contributed by atoms with Gasteiger partial charge in [-0.25, -0.2) is 0 Å². The van der Waals surface area contributed by atoms with Crippen LogP contribution in [0.5, 0.6) is 11.5 Å². The Morgan fingerprint density at radius 3 is 2.42 bits per heavy atom. The van der Waals surface area contributed by atoms with Gasteiger partial charge in [-0.15, -0.1) is 0 Å². The number of hydrogen-bond acceptors (Lipinski definition) is 5. The van der Waals surface area contributed by atoms with Crippen LogP contribution in [0.25, 0.3) is 5.76 Å². The molecule has 1 amide bonds. The van der Waals surface area contributed by atoms with Gasteiger partial charge in [0, 0.05) is 12.1 Å². The Kier molecular flexibility index (Phi) is 5.98. The van der Waals surface area contributed by atoms with Crippen LogP contribution in [0, 0.1) is 0 Å². The fourth-order valence-corrected chi connectivity index (χ4v) is 4.07. The first-order valence-electron chi connectivity index (χ1n) is 10.8. The third kappa shape index (κ3) is 3.90. The standard InChI is InChI=1S/C25H27NO5/c1-3-5-12-26-22(18-10-11-19-20(15-18)31-14-13-30-19)21(24(28)25(26)29)23(27)17-8-6-16(4-2)7-9-17/h6-11,15,22,27H,3-5,12-14H2,1-2H3/b23-21+. The average Bonchev–Trinajstić information content (AvgIpc) is 3.06. The van der Waals surface area contributed by atoms with E-state index in [9.17, 15) is 14.7 Å². The molecule has 2 heterocycles. The fourth-order valence-electron chi connectivity index (χ4n) is 4.07. The normalized spacial score (nSPS) is 19.7. The molecule has 2 aliphatic rings. The summed E-state index contributed by atoms with van der Waals surface area (Å²) in [6.07, 6.45) is 2.52. The van der Waals surface area contributed by atoms with Gasteiger partial charge in [-0.3, -0.25) is 9.59 Å². The lowest BCUT2D eigenvalue weighted by Crippen LogP contribution is -2.30. The Morgan fingerprint density at radius 1 is 1.03 bits per heavy atom. The van der Waals surface area contributed by atoms with Crippen molar-refractivity contribution in [2.24, 2.45) is 0 Å². The number of benzene rings is 2. The van der Waals surface area contributed by atoms with Gasteiger partial charge in [0.25, 0.3) is 11.7 Å². The van der Waals surface area contributed by atoms with E-state index in [1.54, 1.807) is 29.2 Å². The van der Waals surface area contributed by atoms with E-state index in [0.717, 1.165) is 24.8 Å². The first-order valence-corrected chi connectivity index (χ1v) is 10.8. The third-order valence-electron chi connectivity index (χ3n) is 5.81. The van der Waals surface area contributed by atoms with E-state index in [4.69, 9.17) is 9.47 Å². The highest BCUT2D eigenvalue weighted by molar-refractivity contribution is 6.46. The van der Waals surface area contributed by atoms with E-state index in [1.165, 1.54) is 0 Å². The molecule has 4 rings (SSSR count). The van der Waals surface area contributed by atoms with Crippen molar-refractivity contribution < 1.29 is 24.2 Å². The van der Waals surface area contributed by atoms with Gasteiger partial charge < -0.3 is 19.5 Å². The van der Waals surface area contributed by atoms with Gasteiger partial charge in [-0.05, 0) is 36.1 Å². The maximum atomic E-state index is 13.0. The summed E-state index contributed by atoms with van der Waals surface area (Å²) in [6, 6.07) is 12.2. The summed E-state index contributed by atoms with van der Waals surface area (Å²) in [5.41, 5.74) is 2.48. The number of carbonyl (C=O) groups is 2. The van der Waals surface area contributed by atoms with E-state index < -0.39 is 17.7 Å². The van der Waals surface area contributed by atoms with Gasteiger partial charge in [-0.2, -0.15) is 0 Å². The van der Waals surface area contributed by atoms with Gasteiger partial charge in [0.2, 0.25) is 0 Å². The second kappa shape index (κ2) is 8.84. The minimum atomic E-state index is -0.673. The molecule has 2 aliphatic heterocycles. The van der Waals surface area contributed by atoms with Crippen LogP contribution in [0.1, 0.15) is 49.4 Å². The number of carbonyl (C=O) groups excluding carboxylic acids is 2. The summed E-state index contributed by atoms with van der Waals surface area (Å²) in [7, 11) is 0. The number of aliphatic hydroxyl groups is 1. The zero-order chi connectivity index (χ0) is 22.0. The number of unbranched alkanes of at least 4 members (excludes halogenated alkanes) is 1. The second-order valence-corrected chi connectivity index (χ2v) is 7.80. The summed E-state index contributed by atoms with van der Waals surface area (Å²) >= 11 is 0. The lowest BCUT2D eigenvalue weighted by Gasteiger charge is -2.27. The summed E-state index contributed by atoms with van der Waals surface area (Å²) in [4.78, 5) is 27.5. The molecule has 1 unspecified atom stereocenters. The molecule has 6 nitrogen and oxygen atoms in total. The van der Waals surface area contributed by atoms with Crippen LogP contribution >= 0.6 is 0 Å². The van der Waals surface area contributed by atoms with E-state index in [1.807, 2.05) is 25.1 Å². The number of likely N-dealkylation sites (tertiary alicyclic amines) is 1. The van der Waals surface area contributed by atoms with Crippen molar-refractivity contribution in [3.05, 3.63) is 64.7 Å². The largest absolute Gasteiger partial charge is 0.507 e. The first-order chi connectivity index (χ1) is 15.0. The van der Waals surface area contributed by atoms with Crippen molar-refractivity contribution in [3.63, 3.8) is 0 Å². The van der Waals surface area contributed by atoms with Crippen LogP contribution < -0.4 is 9.47 Å². The molecular formula is C25H27NO5. The monoisotopic (exact) mass is 421 g/mol. The number of nitrogens with zero attached hydrogens (tertiary/aromatic N) is 1. The number of amides is 1. The first kappa shape index (κ1) is 21.0. The van der Waals surface area contributed by atoms with Gasteiger partial charge in [0.15, 0.2) is 11.5 Å². The van der Waals surface area contributed by atoms with Crippen molar-refractivity contribution in [3.8, 4) is 11.5 Å². The van der Waals surface area contributed by atoms with E-state index >= 15 is 0 Å². The van der Waals surface area contributed by atoms with Crippen LogP contribution in [-0.2, 0) is 16.0 Å². The van der Waals surface area contributed by atoms with Crippen LogP contribution in [0.3, 0.4) is 0 Å². The molecule has 1 fully saturated rings. The van der Waals surface area contributed by atoms with E-state index in [-0.39, 0.29) is 11.3 Å². The summed E-state index contributed by atoms with van der Waals surface area (Å²) in [6.45, 7) is 5.44. The number of aryl methyl sites for hydroxylation is 1. The zero-order valence-corrected chi connectivity index (χ0v) is 17.9. The molecule has 6 heteroatoms. The second-order valence-electron chi connectivity index (χ2n) is 7.80. The van der Waals surface area contributed by atoms with Gasteiger partial charge in [0.1, 0.15) is 19.0 Å². The molecule has 0 saturated carbocycles. The molecule has 0 aromatic heterocycles. The predicted molar refractivity (Wildman–Crippen MR) is 117 cm³/mol. The molecule has 1 atom stereocenters. The number of hydrogen-bond donors (Lipinski definition) is 1. The topological polar surface area (TPSA) is 76.1 Å². The quantitative estimate of drug-likeness (QED) is 0.429. The molecule has 31 heavy (non-hydrogen) atoms. The summed E-state index contributed by atoms with van der Waals surface area (Å²) < 4.78 is 11.3. The van der Waals surface area contributed by atoms with Gasteiger partial charge >= 0.3 is 0 Å². The Morgan fingerprint density at radius 2 is 1.74 bits per heavy atom. The van der Waals surface area contributed by atoms with Crippen molar-refractivity contribution in [1.29, 1.82) is 0 Å². The van der Waals surface area contributed by atoms with E-state index in [2.05, 4.69) is 6.92 Å². The molecule has 1 saturated heterocycles. The summed E-state index contributed by atoms with van der Waals surface area (Å²) in [5, 5.41) is 11.1. The van der Waals surface area contributed by atoms with E-state index in [0.29, 0.717) is 42.4 Å². The van der Waals surface area contributed by atoms with Gasteiger partial charge in [-0.1, -0.05) is 50.6 Å². The Balaban J connectivity index is 1.82. The highest BCUT2D eigenvalue weighted by Gasteiger charge is 2.46. The Bertz CT molecular complexity index is 1020. The lowest BCUT2D eigenvalue weighted by atomic mass is 9.94. The minimum absolute atomic E-state index is 0.113. The minimum Gasteiger partial charge on any atom is -0.507 e. The fraction of sp³-hybridized carbons (Fsp3) is 0.360. The van der Waals surface area contributed by atoms with Crippen molar-refractivity contribution >= 4 is 17.4 Å². The highest BCUT2D eigenvalue weighted by Crippen LogP contribution is 2.42. The maximum absolute atomic E-state index is 13.0. The molecule has 0 spiro atoms. The summed E-state index contributed by atoms with van der Waals surface area (Å²) in [5.74, 6) is -0.180. The SMILES string of the molecule is CCCCN1C(=O)C(=O)/C(=C(/O)c2ccc(CC)cc2)C1c1ccc2c(c1)OCCO2. The Hall–Kier alpha value is -3.28. The Labute approximate surface area is 182 Å². The number of ketones is 1. The smallest absolute Gasteiger partial charge is 0.295 e. The van der Waals surface area contributed by atoms with Crippen LogP contribution in [-0.4, -0.2) is 41.5 Å². The number of Topliss-reactive ketones (excluding diaryl/α,β-unsaturated/α-hetero) is 1.